The van der Waals surface area contributed by atoms with Gasteiger partial charge in [-0.3, -0.25) is 4.79 Å². The van der Waals surface area contributed by atoms with Crippen LogP contribution in [0.1, 0.15) is 33.6 Å². The zero-order valence-corrected chi connectivity index (χ0v) is 8.79. The summed E-state index contributed by atoms with van der Waals surface area (Å²) < 4.78 is 10.8. The van der Waals surface area contributed by atoms with Crippen LogP contribution in [0.25, 0.3) is 0 Å². The predicted molar refractivity (Wildman–Crippen MR) is 49.7 cm³/mol. The van der Waals surface area contributed by atoms with Gasteiger partial charge in [-0.2, -0.15) is 0 Å². The fraction of sp³-hybridized carbons (Fsp3) is 0.900. The maximum absolute atomic E-state index is 11.0. The van der Waals surface area contributed by atoms with Gasteiger partial charge in [0.1, 0.15) is 6.10 Å². The molecular formula is C10H18O3. The standard InChI is InChI=1S/C10H18O3/c1-5-10(2,3)13-8-6-7(11)9(8)12-4/h8-9H,5-6H2,1-4H3. The molecule has 1 saturated carbocycles. The molecule has 0 radical (unpaired) electrons. The third-order valence-corrected chi connectivity index (χ3v) is 2.63. The van der Waals surface area contributed by atoms with Gasteiger partial charge in [-0.05, 0) is 20.3 Å². The summed E-state index contributed by atoms with van der Waals surface area (Å²) >= 11 is 0. The minimum absolute atomic E-state index is 0.0348. The van der Waals surface area contributed by atoms with Gasteiger partial charge in [-0.1, -0.05) is 6.92 Å². The smallest absolute Gasteiger partial charge is 0.166 e. The topological polar surface area (TPSA) is 35.5 Å². The fourth-order valence-electron chi connectivity index (χ4n) is 1.35. The van der Waals surface area contributed by atoms with Crippen molar-refractivity contribution in [2.24, 2.45) is 0 Å². The van der Waals surface area contributed by atoms with Crippen LogP contribution in [0.2, 0.25) is 0 Å². The first-order valence-electron chi connectivity index (χ1n) is 4.73. The second-order valence-electron chi connectivity index (χ2n) is 4.10. The number of Topliss-reactive ketones (excluding diaryl/α,β-unsaturated/α-hetero) is 1. The first kappa shape index (κ1) is 10.7. The lowest BCUT2D eigenvalue weighted by atomic mass is 9.89. The molecule has 0 aromatic rings. The molecule has 3 nitrogen and oxygen atoms in total. The van der Waals surface area contributed by atoms with Gasteiger partial charge >= 0.3 is 0 Å². The van der Waals surface area contributed by atoms with Gasteiger partial charge in [0.15, 0.2) is 5.78 Å². The number of carbonyl (C=O) groups is 1. The highest BCUT2D eigenvalue weighted by atomic mass is 16.6. The van der Waals surface area contributed by atoms with Crippen molar-refractivity contribution in [1.82, 2.24) is 0 Å². The summed E-state index contributed by atoms with van der Waals surface area (Å²) in [5, 5.41) is 0. The van der Waals surface area contributed by atoms with Gasteiger partial charge in [-0.15, -0.1) is 0 Å². The lowest BCUT2D eigenvalue weighted by molar-refractivity contribution is -0.181. The van der Waals surface area contributed by atoms with Crippen molar-refractivity contribution in [2.75, 3.05) is 7.11 Å². The number of hydrogen-bond donors (Lipinski definition) is 0. The molecular weight excluding hydrogens is 168 g/mol. The molecule has 1 aliphatic carbocycles. The van der Waals surface area contributed by atoms with Crippen LogP contribution in [0.5, 0.6) is 0 Å². The normalized spacial score (nSPS) is 28.8. The Morgan fingerprint density at radius 2 is 2.15 bits per heavy atom. The monoisotopic (exact) mass is 186 g/mol. The van der Waals surface area contributed by atoms with Crippen LogP contribution in [0.4, 0.5) is 0 Å². The van der Waals surface area contributed by atoms with Crippen molar-refractivity contribution in [3.8, 4) is 0 Å². The summed E-state index contributed by atoms with van der Waals surface area (Å²) in [6.45, 7) is 6.13. The predicted octanol–water partition coefficient (Wildman–Crippen LogP) is 1.55. The Morgan fingerprint density at radius 3 is 2.54 bits per heavy atom. The van der Waals surface area contributed by atoms with Crippen molar-refractivity contribution in [1.29, 1.82) is 0 Å². The first-order chi connectivity index (χ1) is 6.00. The third kappa shape index (κ3) is 2.29. The van der Waals surface area contributed by atoms with Crippen molar-refractivity contribution < 1.29 is 14.3 Å². The van der Waals surface area contributed by atoms with Crippen LogP contribution < -0.4 is 0 Å². The molecule has 0 aromatic heterocycles. The highest BCUT2D eigenvalue weighted by molar-refractivity contribution is 5.90. The van der Waals surface area contributed by atoms with E-state index in [1.165, 1.54) is 0 Å². The van der Waals surface area contributed by atoms with E-state index in [0.29, 0.717) is 6.42 Å². The number of ether oxygens (including phenoxy) is 2. The molecule has 0 bridgehead atoms. The molecule has 0 saturated heterocycles. The highest BCUT2D eigenvalue weighted by Gasteiger charge is 2.43. The maximum Gasteiger partial charge on any atom is 0.166 e. The maximum atomic E-state index is 11.0. The van der Waals surface area contributed by atoms with Gasteiger partial charge in [-0.25, -0.2) is 0 Å². The Morgan fingerprint density at radius 1 is 1.54 bits per heavy atom. The van der Waals surface area contributed by atoms with Crippen LogP contribution in [-0.2, 0) is 14.3 Å². The van der Waals surface area contributed by atoms with Crippen molar-refractivity contribution >= 4 is 5.78 Å². The zero-order chi connectivity index (χ0) is 10.1. The van der Waals surface area contributed by atoms with E-state index in [4.69, 9.17) is 9.47 Å². The summed E-state index contributed by atoms with van der Waals surface area (Å²) in [6, 6.07) is 0. The van der Waals surface area contributed by atoms with Gasteiger partial charge in [0.05, 0.1) is 11.7 Å². The third-order valence-electron chi connectivity index (χ3n) is 2.63. The van der Waals surface area contributed by atoms with Crippen LogP contribution in [0.15, 0.2) is 0 Å². The zero-order valence-electron chi connectivity index (χ0n) is 8.79. The molecule has 0 aliphatic heterocycles. The summed E-state index contributed by atoms with van der Waals surface area (Å²) in [5.41, 5.74) is -0.151. The fourth-order valence-corrected chi connectivity index (χ4v) is 1.35. The quantitative estimate of drug-likeness (QED) is 0.668. The number of carbonyl (C=O) groups excluding carboxylic acids is 1. The van der Waals surface area contributed by atoms with Crippen LogP contribution in [0.3, 0.4) is 0 Å². The van der Waals surface area contributed by atoms with Crippen LogP contribution in [-0.4, -0.2) is 30.7 Å². The molecule has 0 spiro atoms. The summed E-state index contributed by atoms with van der Waals surface area (Å²) in [7, 11) is 1.55. The molecule has 2 atom stereocenters. The summed E-state index contributed by atoms with van der Waals surface area (Å²) in [6.07, 6.45) is 1.08. The average molecular weight is 186 g/mol. The Labute approximate surface area is 79.4 Å². The summed E-state index contributed by atoms with van der Waals surface area (Å²) in [4.78, 5) is 11.0. The van der Waals surface area contributed by atoms with E-state index in [-0.39, 0.29) is 23.6 Å². The van der Waals surface area contributed by atoms with E-state index >= 15 is 0 Å². The second kappa shape index (κ2) is 3.76. The number of rotatable bonds is 4. The number of ketones is 1. The minimum Gasteiger partial charge on any atom is -0.371 e. The second-order valence-corrected chi connectivity index (χ2v) is 4.10. The van der Waals surface area contributed by atoms with Crippen LogP contribution in [0, 0.1) is 0 Å². The summed E-state index contributed by atoms with van der Waals surface area (Å²) in [5.74, 6) is 0.152. The molecule has 3 heteroatoms. The lowest BCUT2D eigenvalue weighted by Gasteiger charge is -2.39. The number of methoxy groups -OCH3 is 1. The molecule has 76 valence electrons. The van der Waals surface area contributed by atoms with E-state index in [1.807, 2.05) is 13.8 Å². The largest absolute Gasteiger partial charge is 0.371 e. The highest BCUT2D eigenvalue weighted by Crippen LogP contribution is 2.28. The average Bonchev–Trinajstić information content (AvgIpc) is 2.04. The molecule has 2 unspecified atom stereocenters. The van der Waals surface area contributed by atoms with E-state index in [1.54, 1.807) is 7.11 Å². The molecule has 13 heavy (non-hydrogen) atoms. The van der Waals surface area contributed by atoms with Gasteiger partial charge in [0.2, 0.25) is 0 Å². The molecule has 0 heterocycles. The SMILES string of the molecule is CCC(C)(C)OC1CC(=O)C1OC. The molecule has 1 aliphatic rings. The van der Waals surface area contributed by atoms with Gasteiger partial charge in [0.25, 0.3) is 0 Å². The Balaban J connectivity index is 2.43. The van der Waals surface area contributed by atoms with Crippen molar-refractivity contribution in [2.45, 2.75) is 51.4 Å². The van der Waals surface area contributed by atoms with E-state index < -0.39 is 0 Å². The molecule has 0 N–H and O–H groups in total. The van der Waals surface area contributed by atoms with Gasteiger partial charge in [0, 0.05) is 13.5 Å². The Bertz CT molecular complexity index is 198. The first-order valence-corrected chi connectivity index (χ1v) is 4.73. The molecule has 1 rings (SSSR count). The van der Waals surface area contributed by atoms with E-state index in [9.17, 15) is 4.79 Å². The van der Waals surface area contributed by atoms with E-state index in [2.05, 4.69) is 6.92 Å². The molecule has 0 aromatic carbocycles. The Hall–Kier alpha value is -0.410. The molecule has 1 fully saturated rings. The lowest BCUT2D eigenvalue weighted by Crippen LogP contribution is -2.52. The van der Waals surface area contributed by atoms with E-state index in [0.717, 1.165) is 6.42 Å². The minimum atomic E-state index is -0.328. The van der Waals surface area contributed by atoms with Crippen molar-refractivity contribution in [3.05, 3.63) is 0 Å². The number of hydrogen-bond acceptors (Lipinski definition) is 3. The van der Waals surface area contributed by atoms with Crippen molar-refractivity contribution in [3.63, 3.8) is 0 Å². The Kier molecular flexibility index (Phi) is 3.09. The van der Waals surface area contributed by atoms with Gasteiger partial charge < -0.3 is 9.47 Å². The molecule has 0 amide bonds. The van der Waals surface area contributed by atoms with Crippen LogP contribution >= 0.6 is 0 Å².